The quantitative estimate of drug-likeness (QED) is 0.764. The van der Waals surface area contributed by atoms with Crippen LogP contribution in [0.25, 0.3) is 0 Å². The van der Waals surface area contributed by atoms with Crippen LogP contribution in [0.1, 0.15) is 44.9 Å². The van der Waals surface area contributed by atoms with E-state index in [9.17, 15) is 5.11 Å². The third-order valence-corrected chi connectivity index (χ3v) is 4.77. The van der Waals surface area contributed by atoms with Crippen molar-refractivity contribution in [3.8, 4) is 0 Å². The van der Waals surface area contributed by atoms with Crippen molar-refractivity contribution >= 4 is 0 Å². The minimum atomic E-state index is 0.195. The molecule has 2 fully saturated rings. The van der Waals surface area contributed by atoms with Crippen molar-refractivity contribution in [2.45, 2.75) is 51.0 Å². The van der Waals surface area contributed by atoms with E-state index >= 15 is 0 Å². The van der Waals surface area contributed by atoms with Crippen molar-refractivity contribution in [2.24, 2.45) is 11.1 Å². The fourth-order valence-electron chi connectivity index (χ4n) is 3.50. The van der Waals surface area contributed by atoms with Crippen LogP contribution in [0.4, 0.5) is 0 Å². The summed E-state index contributed by atoms with van der Waals surface area (Å²) in [6.45, 7) is 3.08. The van der Waals surface area contributed by atoms with Gasteiger partial charge in [0.05, 0.1) is 6.61 Å². The molecular formula is C13H26N2O. The van der Waals surface area contributed by atoms with Gasteiger partial charge in [-0.25, -0.2) is 0 Å². The van der Waals surface area contributed by atoms with Crippen molar-refractivity contribution in [1.29, 1.82) is 0 Å². The SMILES string of the molecule is NCC(CO)N1CCC2(CCCCC2)CC1. The van der Waals surface area contributed by atoms with Gasteiger partial charge in [-0.15, -0.1) is 0 Å². The fourth-order valence-corrected chi connectivity index (χ4v) is 3.50. The Morgan fingerprint density at radius 1 is 1.06 bits per heavy atom. The minimum absolute atomic E-state index is 0.195. The van der Waals surface area contributed by atoms with Gasteiger partial charge in [0.1, 0.15) is 0 Å². The van der Waals surface area contributed by atoms with E-state index in [1.807, 2.05) is 0 Å². The van der Waals surface area contributed by atoms with Crippen molar-refractivity contribution in [3.05, 3.63) is 0 Å². The van der Waals surface area contributed by atoms with E-state index in [2.05, 4.69) is 4.90 Å². The number of likely N-dealkylation sites (tertiary alicyclic amines) is 1. The topological polar surface area (TPSA) is 49.5 Å². The highest BCUT2D eigenvalue weighted by molar-refractivity contribution is 4.90. The van der Waals surface area contributed by atoms with Crippen molar-refractivity contribution < 1.29 is 5.11 Å². The average molecular weight is 226 g/mol. The molecule has 0 amide bonds. The standard InChI is InChI=1S/C13H26N2O/c14-10-12(11-16)15-8-6-13(7-9-15)4-2-1-3-5-13/h12,16H,1-11,14H2. The van der Waals surface area contributed by atoms with E-state index in [0.29, 0.717) is 12.0 Å². The smallest absolute Gasteiger partial charge is 0.0599 e. The van der Waals surface area contributed by atoms with Crippen molar-refractivity contribution in [3.63, 3.8) is 0 Å². The highest BCUT2D eigenvalue weighted by atomic mass is 16.3. The normalized spacial score (nSPS) is 28.1. The molecule has 94 valence electrons. The molecule has 1 aliphatic carbocycles. The first-order valence-electron chi connectivity index (χ1n) is 6.85. The molecule has 3 heteroatoms. The number of rotatable bonds is 3. The Labute approximate surface area is 99.0 Å². The number of aliphatic hydroxyl groups excluding tert-OH is 1. The van der Waals surface area contributed by atoms with Crippen LogP contribution in [0.15, 0.2) is 0 Å². The van der Waals surface area contributed by atoms with Gasteiger partial charge < -0.3 is 10.8 Å². The predicted octanol–water partition coefficient (Wildman–Crippen LogP) is 1.35. The third-order valence-electron chi connectivity index (χ3n) is 4.77. The molecule has 1 saturated heterocycles. The molecule has 2 aliphatic rings. The molecule has 1 aliphatic heterocycles. The summed E-state index contributed by atoms with van der Waals surface area (Å²) in [7, 11) is 0. The van der Waals surface area contributed by atoms with Crippen LogP contribution in [0.2, 0.25) is 0 Å². The Balaban J connectivity index is 1.85. The molecular weight excluding hydrogens is 200 g/mol. The van der Waals surface area contributed by atoms with Crippen molar-refractivity contribution in [2.75, 3.05) is 26.2 Å². The first kappa shape index (κ1) is 12.3. The van der Waals surface area contributed by atoms with Gasteiger partial charge in [0.15, 0.2) is 0 Å². The van der Waals surface area contributed by atoms with Crippen LogP contribution in [0, 0.1) is 5.41 Å². The average Bonchev–Trinajstić information content (AvgIpc) is 2.34. The van der Waals surface area contributed by atoms with Gasteiger partial charge in [-0.3, -0.25) is 4.90 Å². The summed E-state index contributed by atoms with van der Waals surface area (Å²) < 4.78 is 0. The van der Waals surface area contributed by atoms with Gasteiger partial charge in [-0.05, 0) is 44.2 Å². The van der Waals surface area contributed by atoms with E-state index in [1.165, 1.54) is 44.9 Å². The lowest BCUT2D eigenvalue weighted by Crippen LogP contribution is -2.49. The van der Waals surface area contributed by atoms with Crippen LogP contribution >= 0.6 is 0 Å². The zero-order valence-corrected chi connectivity index (χ0v) is 10.3. The zero-order valence-electron chi connectivity index (χ0n) is 10.3. The van der Waals surface area contributed by atoms with Gasteiger partial charge in [0.2, 0.25) is 0 Å². The Morgan fingerprint density at radius 3 is 2.19 bits per heavy atom. The molecule has 2 rings (SSSR count). The van der Waals surface area contributed by atoms with Crippen molar-refractivity contribution in [1.82, 2.24) is 4.90 Å². The summed E-state index contributed by atoms with van der Waals surface area (Å²) in [6.07, 6.45) is 9.82. The number of hydrogen-bond acceptors (Lipinski definition) is 3. The van der Waals surface area contributed by atoms with Crippen LogP contribution in [0.3, 0.4) is 0 Å². The van der Waals surface area contributed by atoms with E-state index in [1.54, 1.807) is 0 Å². The number of nitrogens with two attached hydrogens (primary N) is 1. The number of aliphatic hydroxyl groups is 1. The summed E-state index contributed by atoms with van der Waals surface area (Å²) in [6, 6.07) is 0.195. The maximum atomic E-state index is 9.26. The van der Waals surface area contributed by atoms with E-state index in [4.69, 9.17) is 5.73 Å². The lowest BCUT2D eigenvalue weighted by Gasteiger charge is -2.46. The van der Waals surface area contributed by atoms with Gasteiger partial charge in [-0.2, -0.15) is 0 Å². The van der Waals surface area contributed by atoms with Gasteiger partial charge >= 0.3 is 0 Å². The van der Waals surface area contributed by atoms with Crippen LogP contribution < -0.4 is 5.73 Å². The molecule has 16 heavy (non-hydrogen) atoms. The van der Waals surface area contributed by atoms with Gasteiger partial charge in [-0.1, -0.05) is 19.3 Å². The lowest BCUT2D eigenvalue weighted by atomic mass is 9.68. The summed E-state index contributed by atoms with van der Waals surface area (Å²) in [5.74, 6) is 0. The molecule has 1 spiro atoms. The predicted molar refractivity (Wildman–Crippen MR) is 66.3 cm³/mol. The minimum Gasteiger partial charge on any atom is -0.395 e. The number of piperidine rings is 1. The zero-order chi connectivity index (χ0) is 11.4. The molecule has 1 atom stereocenters. The maximum Gasteiger partial charge on any atom is 0.0599 e. The highest BCUT2D eigenvalue weighted by Crippen LogP contribution is 2.44. The van der Waals surface area contributed by atoms with E-state index in [-0.39, 0.29) is 12.6 Å². The van der Waals surface area contributed by atoms with Crippen LogP contribution in [0.5, 0.6) is 0 Å². The Hall–Kier alpha value is -0.120. The second kappa shape index (κ2) is 5.48. The Bertz CT molecular complexity index is 200. The fraction of sp³-hybridized carbons (Fsp3) is 1.00. The molecule has 3 N–H and O–H groups in total. The van der Waals surface area contributed by atoms with Crippen LogP contribution in [-0.2, 0) is 0 Å². The summed E-state index contributed by atoms with van der Waals surface area (Å²) in [5, 5.41) is 9.26. The molecule has 0 radical (unpaired) electrons. The first-order valence-corrected chi connectivity index (χ1v) is 6.85. The number of nitrogens with zero attached hydrogens (tertiary/aromatic N) is 1. The molecule has 1 saturated carbocycles. The lowest BCUT2D eigenvalue weighted by molar-refractivity contribution is 0.0306. The number of hydrogen-bond donors (Lipinski definition) is 2. The molecule has 1 unspecified atom stereocenters. The molecule has 0 aromatic heterocycles. The maximum absolute atomic E-state index is 9.26. The van der Waals surface area contributed by atoms with E-state index < -0.39 is 0 Å². The Morgan fingerprint density at radius 2 is 1.69 bits per heavy atom. The molecule has 3 nitrogen and oxygen atoms in total. The first-order chi connectivity index (χ1) is 7.79. The second-order valence-corrected chi connectivity index (χ2v) is 5.67. The Kier molecular flexibility index (Phi) is 4.22. The van der Waals surface area contributed by atoms with E-state index in [0.717, 1.165) is 13.1 Å². The van der Waals surface area contributed by atoms with Gasteiger partial charge in [0.25, 0.3) is 0 Å². The molecule has 0 aromatic carbocycles. The molecule has 1 heterocycles. The summed E-state index contributed by atoms with van der Waals surface area (Å²) in [5.41, 5.74) is 6.34. The van der Waals surface area contributed by atoms with Crippen LogP contribution in [-0.4, -0.2) is 42.3 Å². The van der Waals surface area contributed by atoms with Gasteiger partial charge in [0, 0.05) is 12.6 Å². The molecule has 0 bridgehead atoms. The highest BCUT2D eigenvalue weighted by Gasteiger charge is 2.36. The third kappa shape index (κ3) is 2.58. The monoisotopic (exact) mass is 226 g/mol. The second-order valence-electron chi connectivity index (χ2n) is 5.67. The largest absolute Gasteiger partial charge is 0.395 e. The molecule has 0 aromatic rings. The summed E-state index contributed by atoms with van der Waals surface area (Å²) in [4.78, 5) is 2.39. The summed E-state index contributed by atoms with van der Waals surface area (Å²) >= 11 is 0.